The largest absolute Gasteiger partial charge is 0.340 e. The second kappa shape index (κ2) is 9.55. The predicted octanol–water partition coefficient (Wildman–Crippen LogP) is 5.09. The number of aromatic amines is 1. The van der Waals surface area contributed by atoms with Crippen molar-refractivity contribution in [2.45, 2.75) is 45.1 Å². The van der Waals surface area contributed by atoms with Gasteiger partial charge in [-0.05, 0) is 51.0 Å². The van der Waals surface area contributed by atoms with Gasteiger partial charge in [0.15, 0.2) is 29.1 Å². The lowest BCUT2D eigenvalue weighted by molar-refractivity contribution is 0.0552. The zero-order chi connectivity index (χ0) is 26.3. The van der Waals surface area contributed by atoms with Crippen LogP contribution in [-0.4, -0.2) is 48.7 Å². The molecule has 4 heterocycles. The molecule has 1 saturated heterocycles. The number of aryl methyl sites for hydroxylation is 2. The van der Waals surface area contributed by atoms with Crippen LogP contribution in [0.3, 0.4) is 0 Å². The number of pyridine rings is 1. The first-order chi connectivity index (χ1) is 17.7. The van der Waals surface area contributed by atoms with Crippen molar-refractivity contribution in [1.82, 2.24) is 30.2 Å². The van der Waals surface area contributed by atoms with E-state index in [1.54, 1.807) is 24.0 Å². The molecule has 37 heavy (non-hydrogen) atoms. The normalized spacial score (nSPS) is 19.7. The second-order valence-electron chi connectivity index (χ2n) is 9.21. The van der Waals surface area contributed by atoms with Crippen LogP contribution in [0.2, 0.25) is 5.02 Å². The molecule has 0 bridgehead atoms. The van der Waals surface area contributed by atoms with E-state index in [2.05, 4.69) is 30.6 Å². The SMILES string of the molecule is Cc1cc(Nc2nc(C3(c4noc(C)n4)CCN(C(=O)c4cccc(Cl)c4F)C(C)C3)ccc2F)n[nH]1. The number of hydrogen-bond donors (Lipinski definition) is 2. The molecule has 2 unspecified atom stereocenters. The Hall–Kier alpha value is -3.86. The molecule has 2 N–H and O–H groups in total. The molecule has 1 amide bonds. The number of nitrogens with zero attached hydrogens (tertiary/aromatic N) is 5. The highest BCUT2D eigenvalue weighted by atomic mass is 35.5. The fourth-order valence-corrected chi connectivity index (χ4v) is 4.99. The molecular weight excluding hydrogens is 504 g/mol. The minimum absolute atomic E-state index is 0.00394. The van der Waals surface area contributed by atoms with Gasteiger partial charge in [0, 0.05) is 31.3 Å². The Balaban J connectivity index is 1.51. The maximum absolute atomic E-state index is 14.8. The summed E-state index contributed by atoms with van der Waals surface area (Å²) < 4.78 is 34.6. The zero-order valence-electron chi connectivity index (χ0n) is 20.3. The van der Waals surface area contributed by atoms with Gasteiger partial charge >= 0.3 is 0 Å². The smallest absolute Gasteiger partial charge is 0.257 e. The quantitative estimate of drug-likeness (QED) is 0.371. The van der Waals surface area contributed by atoms with E-state index in [0.717, 1.165) is 5.69 Å². The number of aromatic nitrogens is 5. The van der Waals surface area contributed by atoms with Gasteiger partial charge in [-0.25, -0.2) is 13.8 Å². The highest BCUT2D eigenvalue weighted by Crippen LogP contribution is 2.43. The third-order valence-electron chi connectivity index (χ3n) is 6.64. The van der Waals surface area contributed by atoms with E-state index in [4.69, 9.17) is 16.1 Å². The summed E-state index contributed by atoms with van der Waals surface area (Å²) in [6.07, 6.45) is 0.698. The van der Waals surface area contributed by atoms with E-state index in [9.17, 15) is 13.6 Å². The molecule has 5 rings (SSSR count). The van der Waals surface area contributed by atoms with Crippen molar-refractivity contribution < 1.29 is 18.1 Å². The Kier molecular flexibility index (Phi) is 6.40. The summed E-state index contributed by atoms with van der Waals surface area (Å²) in [7, 11) is 0. The van der Waals surface area contributed by atoms with Crippen LogP contribution in [0.25, 0.3) is 0 Å². The fraction of sp³-hybridized carbons (Fsp3) is 0.320. The lowest BCUT2D eigenvalue weighted by Crippen LogP contribution is -2.51. The third-order valence-corrected chi connectivity index (χ3v) is 6.93. The number of piperidine rings is 1. The molecule has 9 nitrogen and oxygen atoms in total. The summed E-state index contributed by atoms with van der Waals surface area (Å²) in [5.74, 6) is -0.600. The number of H-pyrrole nitrogens is 1. The van der Waals surface area contributed by atoms with Gasteiger partial charge < -0.3 is 14.7 Å². The monoisotopic (exact) mass is 527 g/mol. The second-order valence-corrected chi connectivity index (χ2v) is 9.62. The number of hydrogen-bond acceptors (Lipinski definition) is 7. The van der Waals surface area contributed by atoms with Gasteiger partial charge in [-0.2, -0.15) is 10.1 Å². The Morgan fingerprint density at radius 3 is 2.73 bits per heavy atom. The summed E-state index contributed by atoms with van der Waals surface area (Å²) in [4.78, 5) is 23.9. The van der Waals surface area contributed by atoms with Crippen molar-refractivity contribution in [2.24, 2.45) is 0 Å². The number of rotatable bonds is 5. The van der Waals surface area contributed by atoms with E-state index in [1.165, 1.54) is 24.3 Å². The Morgan fingerprint density at radius 2 is 2.05 bits per heavy atom. The summed E-state index contributed by atoms with van der Waals surface area (Å²) in [6, 6.07) is 8.62. The van der Waals surface area contributed by atoms with Crippen molar-refractivity contribution in [1.29, 1.82) is 0 Å². The standard InChI is InChI=1S/C25H24ClF2N7O2/c1-13-11-20(33-32-13)31-22-18(27)7-8-19(30-22)25(24-29-15(3)37-34-24)9-10-35(14(2)12-25)23(36)16-5-4-6-17(26)21(16)28/h4-8,11,14H,9-10,12H2,1-3H3,(H2,30,31,32,33). The van der Waals surface area contributed by atoms with E-state index in [0.29, 0.717) is 36.1 Å². The Morgan fingerprint density at radius 1 is 1.24 bits per heavy atom. The van der Waals surface area contributed by atoms with E-state index < -0.39 is 23.0 Å². The summed E-state index contributed by atoms with van der Waals surface area (Å²) in [5.41, 5.74) is 0.340. The van der Waals surface area contributed by atoms with Crippen LogP contribution in [0.1, 0.15) is 53.2 Å². The molecule has 3 aromatic heterocycles. The maximum Gasteiger partial charge on any atom is 0.257 e. The van der Waals surface area contributed by atoms with Crippen LogP contribution < -0.4 is 5.32 Å². The van der Waals surface area contributed by atoms with Crippen LogP contribution in [0.15, 0.2) is 40.9 Å². The molecule has 2 atom stereocenters. The molecule has 0 aliphatic carbocycles. The summed E-state index contributed by atoms with van der Waals surface area (Å²) >= 11 is 5.90. The Bertz CT molecular complexity index is 1470. The van der Waals surface area contributed by atoms with Gasteiger partial charge in [0.2, 0.25) is 5.89 Å². The van der Waals surface area contributed by atoms with E-state index in [-0.39, 0.29) is 29.0 Å². The first-order valence-electron chi connectivity index (χ1n) is 11.7. The van der Waals surface area contributed by atoms with Gasteiger partial charge in [0.1, 0.15) is 0 Å². The van der Waals surface area contributed by atoms with Crippen LogP contribution >= 0.6 is 11.6 Å². The number of halogens is 3. The van der Waals surface area contributed by atoms with Crippen molar-refractivity contribution in [2.75, 3.05) is 11.9 Å². The fourth-order valence-electron chi connectivity index (χ4n) is 4.82. The van der Waals surface area contributed by atoms with Gasteiger partial charge in [-0.3, -0.25) is 9.89 Å². The third kappa shape index (κ3) is 4.55. The molecule has 4 aromatic rings. The first kappa shape index (κ1) is 24.8. The number of likely N-dealkylation sites (tertiary alicyclic amines) is 1. The van der Waals surface area contributed by atoms with Crippen molar-refractivity contribution in [3.63, 3.8) is 0 Å². The van der Waals surface area contributed by atoms with Gasteiger partial charge in [0.25, 0.3) is 5.91 Å². The van der Waals surface area contributed by atoms with Gasteiger partial charge in [-0.1, -0.05) is 22.8 Å². The van der Waals surface area contributed by atoms with Crippen LogP contribution in [0.4, 0.5) is 20.4 Å². The molecular formula is C25H24ClF2N7O2. The topological polar surface area (TPSA) is 113 Å². The number of anilines is 2. The summed E-state index contributed by atoms with van der Waals surface area (Å²) in [6.45, 7) is 5.62. The zero-order valence-corrected chi connectivity index (χ0v) is 21.1. The molecule has 0 radical (unpaired) electrons. The molecule has 12 heteroatoms. The average molecular weight is 528 g/mol. The first-order valence-corrected chi connectivity index (χ1v) is 12.1. The van der Waals surface area contributed by atoms with Crippen molar-refractivity contribution in [3.8, 4) is 0 Å². The summed E-state index contributed by atoms with van der Waals surface area (Å²) in [5, 5.41) is 13.9. The van der Waals surface area contributed by atoms with Crippen LogP contribution in [-0.2, 0) is 5.41 Å². The van der Waals surface area contributed by atoms with Crippen molar-refractivity contribution >= 4 is 29.1 Å². The number of carbonyl (C=O) groups excluding carboxylic acids is 1. The Labute approximate surface area is 216 Å². The van der Waals surface area contributed by atoms with Crippen LogP contribution in [0, 0.1) is 25.5 Å². The van der Waals surface area contributed by atoms with Crippen LogP contribution in [0.5, 0.6) is 0 Å². The van der Waals surface area contributed by atoms with E-state index in [1.807, 2.05) is 13.8 Å². The number of amides is 1. The molecule has 1 aliphatic rings. The number of nitrogens with one attached hydrogen (secondary N) is 2. The highest BCUT2D eigenvalue weighted by molar-refractivity contribution is 6.31. The number of carbonyl (C=O) groups is 1. The molecule has 0 spiro atoms. The lowest BCUT2D eigenvalue weighted by Gasteiger charge is -2.43. The molecule has 1 aromatic carbocycles. The molecule has 1 fully saturated rings. The van der Waals surface area contributed by atoms with Gasteiger partial charge in [-0.15, -0.1) is 0 Å². The minimum Gasteiger partial charge on any atom is -0.340 e. The van der Waals surface area contributed by atoms with Crippen molar-refractivity contribution in [3.05, 3.63) is 81.7 Å². The number of benzene rings is 1. The molecule has 0 saturated carbocycles. The van der Waals surface area contributed by atoms with E-state index >= 15 is 0 Å². The highest BCUT2D eigenvalue weighted by Gasteiger charge is 2.47. The maximum atomic E-state index is 14.8. The lowest BCUT2D eigenvalue weighted by atomic mass is 9.72. The average Bonchev–Trinajstić information content (AvgIpc) is 3.49. The van der Waals surface area contributed by atoms with Gasteiger partial charge in [0.05, 0.1) is 21.7 Å². The molecule has 1 aliphatic heterocycles. The predicted molar refractivity (Wildman–Crippen MR) is 132 cm³/mol. The molecule has 192 valence electrons. The minimum atomic E-state index is -0.882.